The van der Waals surface area contributed by atoms with Crippen LogP contribution < -0.4 is 5.32 Å². The molecule has 1 atom stereocenters. The molecule has 6 nitrogen and oxygen atoms in total. The Morgan fingerprint density at radius 3 is 2.64 bits per heavy atom. The smallest absolute Gasteiger partial charge is 0.326 e. The van der Waals surface area contributed by atoms with Crippen molar-refractivity contribution in [1.82, 2.24) is 15.1 Å². The Hall–Kier alpha value is -2.34. The molecule has 0 aliphatic heterocycles. The van der Waals surface area contributed by atoms with Crippen molar-refractivity contribution < 1.29 is 14.7 Å². The summed E-state index contributed by atoms with van der Waals surface area (Å²) in [4.78, 5) is 23.9. The molecule has 2 N–H and O–H groups in total. The molecule has 1 aromatic carbocycles. The van der Waals surface area contributed by atoms with Crippen LogP contribution in [-0.4, -0.2) is 32.8 Å². The number of rotatable bonds is 7. The average molecular weight is 364 g/mol. The summed E-state index contributed by atoms with van der Waals surface area (Å²) in [6.07, 6.45) is 2.51. The molecule has 1 amide bonds. The van der Waals surface area contributed by atoms with Crippen molar-refractivity contribution in [2.24, 2.45) is 0 Å². The Labute approximate surface area is 151 Å². The van der Waals surface area contributed by atoms with E-state index in [0.29, 0.717) is 29.1 Å². The minimum atomic E-state index is -1.04. The van der Waals surface area contributed by atoms with E-state index in [1.807, 2.05) is 32.9 Å². The van der Waals surface area contributed by atoms with Crippen LogP contribution >= 0.6 is 11.6 Å². The fraction of sp³-hybridized carbons (Fsp3) is 0.389. The van der Waals surface area contributed by atoms with Crippen LogP contribution in [0.15, 0.2) is 30.5 Å². The number of hydrogen-bond donors (Lipinski definition) is 2. The lowest BCUT2D eigenvalue weighted by atomic mass is 10.0. The third-order valence-electron chi connectivity index (χ3n) is 3.83. The maximum atomic E-state index is 12.6. The molecular weight excluding hydrogens is 342 g/mol. The van der Waals surface area contributed by atoms with Crippen LogP contribution in [0.25, 0.3) is 5.69 Å². The monoisotopic (exact) mass is 363 g/mol. The zero-order valence-corrected chi connectivity index (χ0v) is 15.2. The second-order valence-electron chi connectivity index (χ2n) is 6.14. The molecule has 2 rings (SSSR count). The molecule has 25 heavy (non-hydrogen) atoms. The normalized spacial score (nSPS) is 12.2. The van der Waals surface area contributed by atoms with Crippen molar-refractivity contribution in [1.29, 1.82) is 0 Å². The molecule has 7 heteroatoms. The van der Waals surface area contributed by atoms with Gasteiger partial charge < -0.3 is 10.4 Å². The molecule has 0 bridgehead atoms. The lowest BCUT2D eigenvalue weighted by molar-refractivity contribution is -0.139. The number of halogens is 1. The van der Waals surface area contributed by atoms with Crippen LogP contribution in [0.3, 0.4) is 0 Å². The molecule has 0 aliphatic rings. The Bertz CT molecular complexity index is 771. The van der Waals surface area contributed by atoms with Crippen molar-refractivity contribution in [3.05, 3.63) is 46.7 Å². The SMILES string of the molecule is CCCC(NC(=O)c1cnn(-c2cccc(Cl)c2)c1C(C)C)C(=O)O. The van der Waals surface area contributed by atoms with Gasteiger partial charge in [-0.25, -0.2) is 9.48 Å². The highest BCUT2D eigenvalue weighted by molar-refractivity contribution is 6.30. The largest absolute Gasteiger partial charge is 0.480 e. The number of aliphatic carboxylic acids is 1. The summed E-state index contributed by atoms with van der Waals surface area (Å²) >= 11 is 6.05. The number of carbonyl (C=O) groups is 2. The second kappa shape index (κ2) is 8.16. The average Bonchev–Trinajstić information content (AvgIpc) is 2.99. The van der Waals surface area contributed by atoms with Crippen LogP contribution in [-0.2, 0) is 4.79 Å². The fourth-order valence-electron chi connectivity index (χ4n) is 2.68. The number of nitrogens with one attached hydrogen (secondary N) is 1. The summed E-state index contributed by atoms with van der Waals surface area (Å²) in [6.45, 7) is 5.78. The van der Waals surface area contributed by atoms with Gasteiger partial charge in [-0.2, -0.15) is 5.10 Å². The molecule has 134 valence electrons. The predicted octanol–water partition coefficient (Wildman–Crippen LogP) is 3.63. The summed E-state index contributed by atoms with van der Waals surface area (Å²) in [5.41, 5.74) is 1.83. The molecular formula is C18H22ClN3O3. The molecule has 0 spiro atoms. The highest BCUT2D eigenvalue weighted by Gasteiger charge is 2.25. The van der Waals surface area contributed by atoms with Crippen LogP contribution in [0.2, 0.25) is 5.02 Å². The molecule has 0 radical (unpaired) electrons. The quantitative estimate of drug-likeness (QED) is 0.786. The first-order valence-corrected chi connectivity index (χ1v) is 8.60. The first-order valence-electron chi connectivity index (χ1n) is 8.22. The van der Waals surface area contributed by atoms with Gasteiger partial charge in [-0.3, -0.25) is 4.79 Å². The maximum absolute atomic E-state index is 12.6. The third-order valence-corrected chi connectivity index (χ3v) is 4.07. The minimum absolute atomic E-state index is 0.0108. The van der Waals surface area contributed by atoms with Crippen molar-refractivity contribution in [3.63, 3.8) is 0 Å². The Kier molecular flexibility index (Phi) is 6.20. The van der Waals surface area contributed by atoms with Gasteiger partial charge in [0.25, 0.3) is 5.91 Å². The zero-order valence-electron chi connectivity index (χ0n) is 14.5. The van der Waals surface area contributed by atoms with Gasteiger partial charge in [-0.1, -0.05) is 44.9 Å². The first-order chi connectivity index (χ1) is 11.8. The zero-order chi connectivity index (χ0) is 18.6. The maximum Gasteiger partial charge on any atom is 0.326 e. The third kappa shape index (κ3) is 4.39. The molecule has 0 saturated heterocycles. The molecule has 1 unspecified atom stereocenters. The van der Waals surface area contributed by atoms with Gasteiger partial charge in [0.15, 0.2) is 0 Å². The predicted molar refractivity (Wildman–Crippen MR) is 96.5 cm³/mol. The van der Waals surface area contributed by atoms with Crippen LogP contribution in [0.4, 0.5) is 0 Å². The van der Waals surface area contributed by atoms with E-state index in [9.17, 15) is 14.7 Å². The number of amides is 1. The van der Waals surface area contributed by atoms with Gasteiger partial charge in [-0.15, -0.1) is 0 Å². The van der Waals surface area contributed by atoms with Gasteiger partial charge in [0.2, 0.25) is 0 Å². The number of benzene rings is 1. The van der Waals surface area contributed by atoms with E-state index in [1.54, 1.807) is 16.8 Å². The van der Waals surface area contributed by atoms with Crippen LogP contribution in [0, 0.1) is 0 Å². The van der Waals surface area contributed by atoms with Gasteiger partial charge in [0, 0.05) is 5.02 Å². The first kappa shape index (κ1) is 19.0. The molecule has 2 aromatic rings. The highest BCUT2D eigenvalue weighted by Crippen LogP contribution is 2.24. The Morgan fingerprint density at radius 2 is 2.08 bits per heavy atom. The van der Waals surface area contributed by atoms with E-state index in [-0.39, 0.29) is 5.92 Å². The number of nitrogens with zero attached hydrogens (tertiary/aromatic N) is 2. The second-order valence-corrected chi connectivity index (χ2v) is 6.58. The number of aromatic nitrogens is 2. The summed E-state index contributed by atoms with van der Waals surface area (Å²) in [6, 6.07) is 6.28. The van der Waals surface area contributed by atoms with E-state index in [4.69, 9.17) is 11.6 Å². The molecule has 0 aliphatic carbocycles. The number of carboxylic acid groups (broad SMARTS) is 1. The van der Waals surface area contributed by atoms with Crippen LogP contribution in [0.1, 0.15) is 55.6 Å². The van der Waals surface area contributed by atoms with Crippen molar-refractivity contribution in [2.75, 3.05) is 0 Å². The molecule has 0 saturated carbocycles. The fourth-order valence-corrected chi connectivity index (χ4v) is 2.87. The summed E-state index contributed by atoms with van der Waals surface area (Å²) < 4.78 is 1.67. The lowest BCUT2D eigenvalue weighted by Gasteiger charge is -2.16. The van der Waals surface area contributed by atoms with Crippen molar-refractivity contribution >= 4 is 23.5 Å². The Morgan fingerprint density at radius 1 is 1.36 bits per heavy atom. The van der Waals surface area contributed by atoms with Crippen LogP contribution in [0.5, 0.6) is 0 Å². The number of hydrogen-bond acceptors (Lipinski definition) is 3. The van der Waals surface area contributed by atoms with E-state index in [0.717, 1.165) is 5.69 Å². The topological polar surface area (TPSA) is 84.2 Å². The molecule has 1 heterocycles. The van der Waals surface area contributed by atoms with Gasteiger partial charge >= 0.3 is 5.97 Å². The number of carboxylic acids is 1. The standard InChI is InChI=1S/C18H22ClN3O3/c1-4-6-15(18(24)25)21-17(23)14-10-20-22(16(14)11(2)3)13-8-5-7-12(19)9-13/h5,7-11,15H,4,6H2,1-3H3,(H,21,23)(H,24,25). The van der Waals surface area contributed by atoms with Gasteiger partial charge in [0.1, 0.15) is 6.04 Å². The van der Waals surface area contributed by atoms with E-state index < -0.39 is 17.9 Å². The van der Waals surface area contributed by atoms with E-state index >= 15 is 0 Å². The minimum Gasteiger partial charge on any atom is -0.480 e. The molecule has 1 aromatic heterocycles. The lowest BCUT2D eigenvalue weighted by Crippen LogP contribution is -2.40. The number of carbonyl (C=O) groups excluding carboxylic acids is 1. The van der Waals surface area contributed by atoms with E-state index in [2.05, 4.69) is 10.4 Å². The van der Waals surface area contributed by atoms with E-state index in [1.165, 1.54) is 6.20 Å². The summed E-state index contributed by atoms with van der Waals surface area (Å²) in [5, 5.41) is 16.7. The van der Waals surface area contributed by atoms with Crippen molar-refractivity contribution in [3.8, 4) is 5.69 Å². The summed E-state index contributed by atoms with van der Waals surface area (Å²) in [7, 11) is 0. The molecule has 0 fully saturated rings. The Balaban J connectivity index is 2.39. The van der Waals surface area contributed by atoms with Crippen molar-refractivity contribution in [2.45, 2.75) is 45.6 Å². The highest BCUT2D eigenvalue weighted by atomic mass is 35.5. The summed E-state index contributed by atoms with van der Waals surface area (Å²) in [5.74, 6) is -1.46. The van der Waals surface area contributed by atoms with Gasteiger partial charge in [0.05, 0.1) is 23.1 Å². The van der Waals surface area contributed by atoms with Gasteiger partial charge in [-0.05, 0) is 30.5 Å².